The van der Waals surface area contributed by atoms with Gasteiger partial charge in [0.05, 0.1) is 5.60 Å². The van der Waals surface area contributed by atoms with Gasteiger partial charge in [0.1, 0.15) is 0 Å². The van der Waals surface area contributed by atoms with E-state index in [0.717, 1.165) is 6.42 Å². The molecule has 2 saturated carbocycles. The molecular weight excluding hydrogens is 136 g/mol. The second kappa shape index (κ2) is 2.48. The molecule has 2 aliphatic rings. The van der Waals surface area contributed by atoms with Gasteiger partial charge in [-0.3, -0.25) is 0 Å². The average molecular weight is 154 g/mol. The molecule has 0 aromatic heterocycles. The molecule has 0 aromatic carbocycles. The van der Waals surface area contributed by atoms with E-state index >= 15 is 0 Å². The molecule has 0 bridgehead atoms. The fourth-order valence-corrected chi connectivity index (χ4v) is 3.00. The van der Waals surface area contributed by atoms with Gasteiger partial charge in [-0.15, -0.1) is 0 Å². The van der Waals surface area contributed by atoms with Crippen LogP contribution in [0.5, 0.6) is 0 Å². The number of fused-ring (bicyclic) bond motifs is 1. The highest BCUT2D eigenvalue weighted by atomic mass is 16.3. The van der Waals surface area contributed by atoms with Crippen LogP contribution in [-0.2, 0) is 0 Å². The van der Waals surface area contributed by atoms with Crippen LogP contribution >= 0.6 is 0 Å². The standard InChI is InChI=1S/C10H18O/c1-8-5-6-9-4-2-3-7-10(8,9)11/h8-9,11H,2-7H2,1H3/t8-,9?,10+/m1/s1. The lowest BCUT2D eigenvalue weighted by Gasteiger charge is -2.37. The van der Waals surface area contributed by atoms with Crippen LogP contribution in [-0.4, -0.2) is 10.7 Å². The van der Waals surface area contributed by atoms with Gasteiger partial charge in [-0.25, -0.2) is 0 Å². The minimum absolute atomic E-state index is 0.252. The lowest BCUT2D eigenvalue weighted by atomic mass is 9.74. The Kier molecular flexibility index (Phi) is 1.71. The van der Waals surface area contributed by atoms with Crippen LogP contribution in [0.4, 0.5) is 0 Å². The van der Waals surface area contributed by atoms with Gasteiger partial charge in [0.2, 0.25) is 0 Å². The van der Waals surface area contributed by atoms with Crippen LogP contribution < -0.4 is 0 Å². The van der Waals surface area contributed by atoms with Crippen LogP contribution in [0.1, 0.15) is 45.4 Å². The third-order valence-corrected chi connectivity index (χ3v) is 3.89. The molecule has 0 spiro atoms. The first kappa shape index (κ1) is 7.60. The Bertz CT molecular complexity index is 153. The van der Waals surface area contributed by atoms with Crippen molar-refractivity contribution in [2.45, 2.75) is 51.0 Å². The first-order valence-corrected chi connectivity index (χ1v) is 4.96. The van der Waals surface area contributed by atoms with Gasteiger partial charge in [0.15, 0.2) is 0 Å². The van der Waals surface area contributed by atoms with E-state index in [9.17, 15) is 5.11 Å². The summed E-state index contributed by atoms with van der Waals surface area (Å²) < 4.78 is 0. The third kappa shape index (κ3) is 1.01. The molecule has 0 heterocycles. The lowest BCUT2D eigenvalue weighted by Crippen LogP contribution is -2.40. The zero-order valence-corrected chi connectivity index (χ0v) is 7.34. The Hall–Kier alpha value is -0.0400. The Labute approximate surface area is 68.8 Å². The molecule has 0 saturated heterocycles. The van der Waals surface area contributed by atoms with Crippen molar-refractivity contribution in [3.63, 3.8) is 0 Å². The minimum Gasteiger partial charge on any atom is -0.389 e. The Morgan fingerprint density at radius 2 is 2.00 bits per heavy atom. The Morgan fingerprint density at radius 3 is 2.73 bits per heavy atom. The summed E-state index contributed by atoms with van der Waals surface area (Å²) in [5, 5.41) is 10.3. The molecule has 2 fully saturated rings. The van der Waals surface area contributed by atoms with Crippen molar-refractivity contribution >= 4 is 0 Å². The highest BCUT2D eigenvalue weighted by Gasteiger charge is 2.47. The molecular formula is C10H18O. The smallest absolute Gasteiger partial charge is 0.0701 e. The van der Waals surface area contributed by atoms with E-state index < -0.39 is 0 Å². The van der Waals surface area contributed by atoms with Gasteiger partial charge in [-0.1, -0.05) is 19.8 Å². The van der Waals surface area contributed by atoms with Crippen molar-refractivity contribution in [2.24, 2.45) is 11.8 Å². The molecule has 1 heteroatoms. The van der Waals surface area contributed by atoms with E-state index in [1.54, 1.807) is 0 Å². The zero-order chi connectivity index (χ0) is 7.90. The van der Waals surface area contributed by atoms with Gasteiger partial charge >= 0.3 is 0 Å². The molecule has 64 valence electrons. The van der Waals surface area contributed by atoms with Crippen LogP contribution in [0.15, 0.2) is 0 Å². The number of hydrogen-bond donors (Lipinski definition) is 1. The van der Waals surface area contributed by atoms with Crippen LogP contribution in [0.25, 0.3) is 0 Å². The summed E-state index contributed by atoms with van der Waals surface area (Å²) >= 11 is 0. The predicted octanol–water partition coefficient (Wildman–Crippen LogP) is 2.34. The first-order valence-electron chi connectivity index (χ1n) is 4.96. The third-order valence-electron chi connectivity index (χ3n) is 3.89. The van der Waals surface area contributed by atoms with Gasteiger partial charge in [-0.05, 0) is 37.5 Å². The minimum atomic E-state index is -0.252. The molecule has 1 unspecified atom stereocenters. The van der Waals surface area contributed by atoms with E-state index in [-0.39, 0.29) is 5.60 Å². The van der Waals surface area contributed by atoms with Gasteiger partial charge in [0.25, 0.3) is 0 Å². The molecule has 0 radical (unpaired) electrons. The summed E-state index contributed by atoms with van der Waals surface area (Å²) in [6, 6.07) is 0. The topological polar surface area (TPSA) is 20.2 Å². The lowest BCUT2D eigenvalue weighted by molar-refractivity contribution is -0.0571. The van der Waals surface area contributed by atoms with Crippen molar-refractivity contribution in [1.29, 1.82) is 0 Å². The van der Waals surface area contributed by atoms with Crippen LogP contribution in [0.2, 0.25) is 0 Å². The van der Waals surface area contributed by atoms with E-state index in [0.29, 0.717) is 11.8 Å². The molecule has 11 heavy (non-hydrogen) atoms. The molecule has 1 N–H and O–H groups in total. The summed E-state index contributed by atoms with van der Waals surface area (Å²) in [6.45, 7) is 2.21. The predicted molar refractivity (Wildman–Crippen MR) is 45.3 cm³/mol. The summed E-state index contributed by atoms with van der Waals surface area (Å²) in [5.74, 6) is 1.21. The maximum absolute atomic E-state index is 10.3. The van der Waals surface area contributed by atoms with E-state index in [1.807, 2.05) is 0 Å². The summed E-state index contributed by atoms with van der Waals surface area (Å²) in [5.41, 5.74) is -0.252. The van der Waals surface area contributed by atoms with E-state index in [4.69, 9.17) is 0 Å². The second-order valence-corrected chi connectivity index (χ2v) is 4.41. The van der Waals surface area contributed by atoms with Crippen molar-refractivity contribution < 1.29 is 5.11 Å². The quantitative estimate of drug-likeness (QED) is 0.568. The van der Waals surface area contributed by atoms with Crippen molar-refractivity contribution in [1.82, 2.24) is 0 Å². The SMILES string of the molecule is C[C@@H]1CCC2CCCC[C@@]21O. The average Bonchev–Trinajstić information content (AvgIpc) is 2.29. The number of aliphatic hydroxyl groups is 1. The van der Waals surface area contributed by atoms with E-state index in [1.165, 1.54) is 32.1 Å². The maximum Gasteiger partial charge on any atom is 0.0701 e. The van der Waals surface area contributed by atoms with Crippen molar-refractivity contribution in [3.05, 3.63) is 0 Å². The zero-order valence-electron chi connectivity index (χ0n) is 7.34. The monoisotopic (exact) mass is 154 g/mol. The largest absolute Gasteiger partial charge is 0.389 e. The second-order valence-electron chi connectivity index (χ2n) is 4.41. The molecule has 0 aromatic rings. The van der Waals surface area contributed by atoms with Gasteiger partial charge in [0, 0.05) is 0 Å². The van der Waals surface area contributed by atoms with Gasteiger partial charge < -0.3 is 5.11 Å². The molecule has 0 aliphatic heterocycles. The van der Waals surface area contributed by atoms with Crippen LogP contribution in [0, 0.1) is 11.8 Å². The first-order chi connectivity index (χ1) is 5.23. The number of hydrogen-bond acceptors (Lipinski definition) is 1. The molecule has 3 atom stereocenters. The fraction of sp³-hybridized carbons (Fsp3) is 1.00. The summed E-state index contributed by atoms with van der Waals surface area (Å²) in [7, 11) is 0. The van der Waals surface area contributed by atoms with Gasteiger partial charge in [-0.2, -0.15) is 0 Å². The van der Waals surface area contributed by atoms with Crippen molar-refractivity contribution in [2.75, 3.05) is 0 Å². The highest BCUT2D eigenvalue weighted by molar-refractivity contribution is 4.98. The maximum atomic E-state index is 10.3. The van der Waals surface area contributed by atoms with Crippen molar-refractivity contribution in [3.8, 4) is 0 Å². The molecule has 2 aliphatic carbocycles. The molecule has 2 rings (SSSR count). The molecule has 0 amide bonds. The normalized spacial score (nSPS) is 50.7. The highest BCUT2D eigenvalue weighted by Crippen LogP contribution is 2.48. The summed E-state index contributed by atoms with van der Waals surface area (Å²) in [4.78, 5) is 0. The molecule has 1 nitrogen and oxygen atoms in total. The fourth-order valence-electron chi connectivity index (χ4n) is 3.00. The Morgan fingerprint density at radius 1 is 1.18 bits per heavy atom. The number of rotatable bonds is 0. The van der Waals surface area contributed by atoms with Crippen LogP contribution in [0.3, 0.4) is 0 Å². The summed E-state index contributed by atoms with van der Waals surface area (Å²) in [6.07, 6.45) is 7.47. The Balaban J connectivity index is 2.16. The van der Waals surface area contributed by atoms with E-state index in [2.05, 4.69) is 6.92 Å².